The van der Waals surface area contributed by atoms with Crippen molar-refractivity contribution in [3.63, 3.8) is 0 Å². The van der Waals surface area contributed by atoms with Gasteiger partial charge in [0.1, 0.15) is 4.34 Å². The number of thioether (sulfide) groups is 1. The van der Waals surface area contributed by atoms with Gasteiger partial charge in [-0.2, -0.15) is 8.78 Å². The van der Waals surface area contributed by atoms with Crippen molar-refractivity contribution in [3.8, 4) is 0 Å². The Morgan fingerprint density at radius 3 is 2.64 bits per heavy atom. The molecule has 0 fully saturated rings. The van der Waals surface area contributed by atoms with Gasteiger partial charge in [0.2, 0.25) is 0 Å². The Morgan fingerprint density at radius 2 is 2.14 bits per heavy atom. The molecule has 0 atom stereocenters. The molecule has 0 amide bonds. The number of rotatable bonds is 5. The Morgan fingerprint density at radius 1 is 1.45 bits per heavy atom. The standard InChI is InChI=1S/C12H11BrF2NO3PS2/c1-7-5-21-11(16-7)22-6-8-2-3-9(10(13)4-8)12(14,15)20(17,18)19/h2-5H,6H2,1H3,(H2,17,18,19). The van der Waals surface area contributed by atoms with Crippen LogP contribution in [0.3, 0.4) is 0 Å². The zero-order chi connectivity index (χ0) is 16.5. The minimum atomic E-state index is -5.57. The molecular weight excluding hydrogens is 419 g/mol. The smallest absolute Gasteiger partial charge is 0.320 e. The van der Waals surface area contributed by atoms with Crippen LogP contribution < -0.4 is 0 Å². The molecule has 0 saturated heterocycles. The quantitative estimate of drug-likeness (QED) is 0.530. The lowest BCUT2D eigenvalue weighted by molar-refractivity contribution is 0.0557. The van der Waals surface area contributed by atoms with Gasteiger partial charge in [-0.1, -0.05) is 39.8 Å². The summed E-state index contributed by atoms with van der Waals surface area (Å²) in [5, 5.41) is 1.92. The molecule has 0 spiro atoms. The van der Waals surface area contributed by atoms with E-state index in [9.17, 15) is 13.3 Å². The average Bonchev–Trinajstić information content (AvgIpc) is 2.80. The summed E-state index contributed by atoms with van der Waals surface area (Å²) in [7, 11) is -5.57. The van der Waals surface area contributed by atoms with Crippen molar-refractivity contribution in [3.05, 3.63) is 44.9 Å². The van der Waals surface area contributed by atoms with Crippen molar-refractivity contribution >= 4 is 46.6 Å². The maximum absolute atomic E-state index is 13.7. The molecule has 0 aliphatic heterocycles. The lowest BCUT2D eigenvalue weighted by Crippen LogP contribution is -2.14. The number of benzene rings is 1. The number of aryl methyl sites for hydroxylation is 1. The van der Waals surface area contributed by atoms with Crippen LogP contribution >= 0.6 is 46.6 Å². The lowest BCUT2D eigenvalue weighted by atomic mass is 10.1. The van der Waals surface area contributed by atoms with E-state index >= 15 is 0 Å². The van der Waals surface area contributed by atoms with E-state index < -0.39 is 18.8 Å². The third kappa shape index (κ3) is 3.96. The first-order chi connectivity index (χ1) is 10.1. The maximum Gasteiger partial charge on any atom is 0.399 e. The molecule has 4 nitrogen and oxygen atoms in total. The van der Waals surface area contributed by atoms with Crippen molar-refractivity contribution in [2.24, 2.45) is 0 Å². The molecule has 2 aromatic rings. The largest absolute Gasteiger partial charge is 0.399 e. The summed E-state index contributed by atoms with van der Waals surface area (Å²) >= 11 is 5.93. The summed E-state index contributed by atoms with van der Waals surface area (Å²) < 4.78 is 39.2. The van der Waals surface area contributed by atoms with Crippen molar-refractivity contribution in [2.45, 2.75) is 22.7 Å². The van der Waals surface area contributed by atoms with E-state index in [1.807, 2.05) is 12.3 Å². The molecular formula is C12H11BrF2NO3PS2. The second-order valence-electron chi connectivity index (χ2n) is 4.44. The SMILES string of the molecule is Cc1csc(SCc2ccc(C(F)(F)P(=O)(O)O)c(Br)c2)n1. The van der Waals surface area contributed by atoms with Crippen LogP contribution in [0.2, 0.25) is 0 Å². The van der Waals surface area contributed by atoms with E-state index in [2.05, 4.69) is 20.9 Å². The highest BCUT2D eigenvalue weighted by atomic mass is 79.9. The van der Waals surface area contributed by atoms with E-state index in [1.165, 1.54) is 35.2 Å². The number of hydrogen-bond donors (Lipinski definition) is 2. The fraction of sp³-hybridized carbons (Fsp3) is 0.250. The third-order valence-corrected chi connectivity index (χ3v) is 6.52. The summed E-state index contributed by atoms with van der Waals surface area (Å²) in [6, 6.07) is 3.90. The van der Waals surface area contributed by atoms with E-state index in [1.54, 1.807) is 0 Å². The second-order valence-corrected chi connectivity index (χ2v) is 9.03. The zero-order valence-electron chi connectivity index (χ0n) is 11.2. The molecule has 0 radical (unpaired) electrons. The van der Waals surface area contributed by atoms with Gasteiger partial charge in [0.15, 0.2) is 0 Å². The predicted molar refractivity (Wildman–Crippen MR) is 86.5 cm³/mol. The molecule has 1 heterocycles. The highest BCUT2D eigenvalue weighted by Crippen LogP contribution is 2.60. The fourth-order valence-corrected chi connectivity index (χ4v) is 4.72. The van der Waals surface area contributed by atoms with Gasteiger partial charge in [-0.05, 0) is 18.6 Å². The topological polar surface area (TPSA) is 70.4 Å². The Hall–Kier alpha value is -0.310. The van der Waals surface area contributed by atoms with Gasteiger partial charge in [0.25, 0.3) is 0 Å². The number of halogens is 3. The van der Waals surface area contributed by atoms with Crippen LogP contribution in [-0.4, -0.2) is 14.8 Å². The first-order valence-corrected chi connectivity index (χ1v) is 10.2. The summed E-state index contributed by atoms with van der Waals surface area (Å²) in [6.07, 6.45) is 0. The van der Waals surface area contributed by atoms with E-state index in [0.717, 1.165) is 21.7 Å². The van der Waals surface area contributed by atoms with Gasteiger partial charge in [0.05, 0.1) is 0 Å². The normalized spacial score (nSPS) is 12.6. The van der Waals surface area contributed by atoms with Crippen LogP contribution in [-0.2, 0) is 16.0 Å². The number of hydrogen-bond acceptors (Lipinski definition) is 4. The molecule has 1 aromatic heterocycles. The van der Waals surface area contributed by atoms with Crippen LogP contribution in [0, 0.1) is 6.92 Å². The predicted octanol–water partition coefficient (Wildman–Crippen LogP) is 4.73. The molecule has 22 heavy (non-hydrogen) atoms. The summed E-state index contributed by atoms with van der Waals surface area (Å²) in [5.74, 6) is 0.521. The van der Waals surface area contributed by atoms with Crippen LogP contribution in [0.25, 0.3) is 0 Å². The highest BCUT2D eigenvalue weighted by Gasteiger charge is 2.51. The van der Waals surface area contributed by atoms with Crippen LogP contribution in [0.4, 0.5) is 8.78 Å². The molecule has 2 N–H and O–H groups in total. The Balaban J connectivity index is 2.18. The molecule has 0 aliphatic rings. The number of nitrogens with zero attached hydrogens (tertiary/aromatic N) is 1. The van der Waals surface area contributed by atoms with Gasteiger partial charge < -0.3 is 9.79 Å². The van der Waals surface area contributed by atoms with E-state index in [0.29, 0.717) is 5.75 Å². The fourth-order valence-electron chi connectivity index (χ4n) is 1.59. The van der Waals surface area contributed by atoms with Crippen molar-refractivity contribution in [2.75, 3.05) is 0 Å². The van der Waals surface area contributed by atoms with Gasteiger partial charge in [0, 0.05) is 26.9 Å². The van der Waals surface area contributed by atoms with Gasteiger partial charge in [-0.25, -0.2) is 4.98 Å². The van der Waals surface area contributed by atoms with Crippen LogP contribution in [0.1, 0.15) is 16.8 Å². The molecule has 10 heteroatoms. The lowest BCUT2D eigenvalue weighted by Gasteiger charge is -2.19. The molecule has 120 valence electrons. The van der Waals surface area contributed by atoms with Crippen LogP contribution in [0.15, 0.2) is 32.4 Å². The van der Waals surface area contributed by atoms with Crippen LogP contribution in [0.5, 0.6) is 0 Å². The van der Waals surface area contributed by atoms with Gasteiger partial charge in [-0.3, -0.25) is 4.57 Å². The summed E-state index contributed by atoms with van der Waals surface area (Å²) in [6.45, 7) is 1.89. The highest BCUT2D eigenvalue weighted by molar-refractivity contribution is 9.10. The van der Waals surface area contributed by atoms with Gasteiger partial charge >= 0.3 is 13.3 Å². The Labute approximate surface area is 142 Å². The average molecular weight is 430 g/mol. The van der Waals surface area contributed by atoms with E-state index in [-0.39, 0.29) is 4.47 Å². The van der Waals surface area contributed by atoms with Crippen molar-refractivity contribution in [1.82, 2.24) is 4.98 Å². The zero-order valence-corrected chi connectivity index (χ0v) is 15.3. The minimum absolute atomic E-state index is 0.0331. The molecule has 0 saturated carbocycles. The number of alkyl halides is 2. The molecule has 0 unspecified atom stereocenters. The first-order valence-electron chi connectivity index (χ1n) is 5.88. The Bertz CT molecular complexity index is 735. The molecule has 1 aromatic carbocycles. The van der Waals surface area contributed by atoms with Crippen molar-refractivity contribution < 1.29 is 23.1 Å². The molecule has 2 rings (SSSR count). The minimum Gasteiger partial charge on any atom is -0.320 e. The first kappa shape index (κ1) is 18.0. The Kier molecular flexibility index (Phi) is 5.46. The van der Waals surface area contributed by atoms with Crippen molar-refractivity contribution in [1.29, 1.82) is 0 Å². The summed E-state index contributed by atoms with van der Waals surface area (Å²) in [5.41, 5.74) is -3.27. The molecule has 0 bridgehead atoms. The third-order valence-electron chi connectivity index (χ3n) is 2.68. The molecule has 0 aliphatic carbocycles. The van der Waals surface area contributed by atoms with Gasteiger partial charge in [-0.15, -0.1) is 11.3 Å². The number of aromatic nitrogens is 1. The monoisotopic (exact) mass is 429 g/mol. The summed E-state index contributed by atoms with van der Waals surface area (Å²) in [4.78, 5) is 21.8. The number of thiazole rings is 1. The van der Waals surface area contributed by atoms with E-state index in [4.69, 9.17) is 9.79 Å². The maximum atomic E-state index is 13.7. The second kappa shape index (κ2) is 6.67.